The largest absolute Gasteiger partial charge is 0.444 e. The monoisotopic (exact) mass is 338 g/mol. The summed E-state index contributed by atoms with van der Waals surface area (Å²) in [4.78, 5) is 35.8. The van der Waals surface area contributed by atoms with Crippen LogP contribution in [0, 0.1) is 0 Å². The number of alkyl carbamates (subject to hydrolysis) is 1. The normalized spacial score (nSPS) is 20.8. The molecule has 2 aliphatic rings. The van der Waals surface area contributed by atoms with Gasteiger partial charge < -0.3 is 26.0 Å². The lowest BCUT2D eigenvalue weighted by molar-refractivity contribution is -0.126. The van der Waals surface area contributed by atoms with Gasteiger partial charge in [0, 0.05) is 37.3 Å². The van der Waals surface area contributed by atoms with Gasteiger partial charge in [-0.3, -0.25) is 9.59 Å². The summed E-state index contributed by atoms with van der Waals surface area (Å²) < 4.78 is 5.10. The highest BCUT2D eigenvalue weighted by Crippen LogP contribution is 2.20. The Labute approximate surface area is 141 Å². The van der Waals surface area contributed by atoms with Gasteiger partial charge in [0.25, 0.3) is 0 Å². The van der Waals surface area contributed by atoms with Crippen LogP contribution in [0.4, 0.5) is 4.79 Å². The second kappa shape index (κ2) is 7.65. The van der Waals surface area contributed by atoms with Crippen molar-refractivity contribution < 1.29 is 19.1 Å². The Bertz CT molecular complexity index is 551. The molecule has 0 saturated heterocycles. The predicted molar refractivity (Wildman–Crippen MR) is 88.3 cm³/mol. The van der Waals surface area contributed by atoms with E-state index in [4.69, 9.17) is 4.74 Å². The predicted octanol–water partition coefficient (Wildman–Crippen LogP) is -0.194. The van der Waals surface area contributed by atoms with Gasteiger partial charge in [-0.15, -0.1) is 0 Å². The van der Waals surface area contributed by atoms with Gasteiger partial charge in [-0.2, -0.15) is 0 Å². The van der Waals surface area contributed by atoms with Crippen LogP contribution in [0.1, 0.15) is 33.6 Å². The van der Waals surface area contributed by atoms with Crippen molar-refractivity contribution in [3.63, 3.8) is 0 Å². The molecular formula is C16H26N4O4. The molecule has 0 spiro atoms. The first-order chi connectivity index (χ1) is 11.3. The molecule has 0 radical (unpaired) electrons. The summed E-state index contributed by atoms with van der Waals surface area (Å²) in [6.45, 7) is 7.26. The Morgan fingerprint density at radius 2 is 1.96 bits per heavy atom. The zero-order valence-electron chi connectivity index (χ0n) is 14.5. The van der Waals surface area contributed by atoms with Gasteiger partial charge in [0.05, 0.1) is 0 Å². The van der Waals surface area contributed by atoms with E-state index >= 15 is 0 Å². The highest BCUT2D eigenvalue weighted by Gasteiger charge is 2.31. The molecule has 0 fully saturated rings. The third kappa shape index (κ3) is 5.23. The number of ketones is 1. The molecule has 2 rings (SSSR count). The van der Waals surface area contributed by atoms with Crippen molar-refractivity contribution in [1.29, 1.82) is 0 Å². The molecule has 0 saturated carbocycles. The highest BCUT2D eigenvalue weighted by atomic mass is 16.6. The summed E-state index contributed by atoms with van der Waals surface area (Å²) in [6, 6.07) is -0.558. The van der Waals surface area contributed by atoms with Crippen LogP contribution >= 0.6 is 0 Å². The number of ether oxygens (including phenoxy) is 1. The maximum Gasteiger partial charge on any atom is 0.407 e. The smallest absolute Gasteiger partial charge is 0.407 e. The number of Topliss-reactive ketones (excluding diaryl/α,β-unsaturated/α-hetero) is 1. The van der Waals surface area contributed by atoms with Crippen molar-refractivity contribution in [3.05, 3.63) is 11.3 Å². The summed E-state index contributed by atoms with van der Waals surface area (Å²) in [5.41, 5.74) is 1.08. The Morgan fingerprint density at radius 1 is 1.25 bits per heavy atom. The van der Waals surface area contributed by atoms with E-state index in [0.717, 1.165) is 17.8 Å². The number of carbonyl (C=O) groups excluding carboxylic acids is 3. The summed E-state index contributed by atoms with van der Waals surface area (Å²) in [5, 5.41) is 11.6. The molecule has 0 bridgehead atoms. The van der Waals surface area contributed by atoms with E-state index in [9.17, 15) is 14.4 Å². The molecule has 2 aliphatic heterocycles. The van der Waals surface area contributed by atoms with Gasteiger partial charge in [0.2, 0.25) is 5.91 Å². The summed E-state index contributed by atoms with van der Waals surface area (Å²) in [7, 11) is 0. The van der Waals surface area contributed by atoms with Crippen molar-refractivity contribution >= 4 is 17.8 Å². The Hall–Kier alpha value is -2.09. The van der Waals surface area contributed by atoms with Gasteiger partial charge in [0.1, 0.15) is 11.6 Å². The summed E-state index contributed by atoms with van der Waals surface area (Å²) in [5.74, 6) is -0.205. The fourth-order valence-corrected chi connectivity index (χ4v) is 2.65. The van der Waals surface area contributed by atoms with Crippen LogP contribution in [-0.2, 0) is 14.3 Å². The summed E-state index contributed by atoms with van der Waals surface area (Å²) >= 11 is 0. The summed E-state index contributed by atoms with van der Waals surface area (Å²) in [6.07, 6.45) is 0.352. The molecule has 134 valence electrons. The maximum absolute atomic E-state index is 12.2. The molecule has 8 heteroatoms. The number of nitrogens with one attached hydrogen (secondary N) is 4. The lowest BCUT2D eigenvalue weighted by atomic mass is 9.92. The zero-order valence-corrected chi connectivity index (χ0v) is 14.5. The molecule has 1 atom stereocenters. The molecular weight excluding hydrogens is 312 g/mol. The van der Waals surface area contributed by atoms with E-state index in [1.807, 2.05) is 0 Å². The van der Waals surface area contributed by atoms with E-state index in [2.05, 4.69) is 21.3 Å². The molecule has 24 heavy (non-hydrogen) atoms. The first kappa shape index (κ1) is 18.3. The second-order valence-electron chi connectivity index (χ2n) is 6.93. The molecule has 2 heterocycles. The number of hydrogen-bond donors (Lipinski definition) is 4. The molecule has 0 aromatic carbocycles. The van der Waals surface area contributed by atoms with E-state index in [-0.39, 0.29) is 31.2 Å². The number of rotatable bonds is 4. The minimum Gasteiger partial charge on any atom is -0.444 e. The minimum atomic E-state index is -0.558. The van der Waals surface area contributed by atoms with Crippen molar-refractivity contribution in [2.24, 2.45) is 0 Å². The molecule has 0 unspecified atom stereocenters. The zero-order chi connectivity index (χ0) is 17.7. The van der Waals surface area contributed by atoms with E-state index in [1.165, 1.54) is 0 Å². The van der Waals surface area contributed by atoms with Crippen LogP contribution in [0.25, 0.3) is 0 Å². The van der Waals surface area contributed by atoms with Crippen LogP contribution in [-0.4, -0.2) is 55.6 Å². The van der Waals surface area contributed by atoms with Crippen molar-refractivity contribution in [1.82, 2.24) is 21.3 Å². The fraction of sp³-hybridized carbons (Fsp3) is 0.688. The van der Waals surface area contributed by atoms with Crippen LogP contribution in [0.3, 0.4) is 0 Å². The Balaban J connectivity index is 1.73. The first-order valence-electron chi connectivity index (χ1n) is 8.23. The lowest BCUT2D eigenvalue weighted by Crippen LogP contribution is -2.52. The standard InChI is InChI=1S/C16H26N4O4/c1-16(2,3)24-15(23)19-7-6-18-14(22)11-8-13(21)10-4-5-17-9-12(10)20-11/h11,17,20H,4-9H2,1-3H3,(H,18,22)(H,19,23)/t11-/m0/s1. The maximum atomic E-state index is 12.2. The molecule has 0 aliphatic carbocycles. The van der Waals surface area contributed by atoms with Gasteiger partial charge >= 0.3 is 6.09 Å². The average Bonchev–Trinajstić information content (AvgIpc) is 2.49. The quantitative estimate of drug-likeness (QED) is 0.529. The molecule has 0 aromatic rings. The van der Waals surface area contributed by atoms with E-state index in [0.29, 0.717) is 13.0 Å². The molecule has 8 nitrogen and oxygen atoms in total. The lowest BCUT2D eigenvalue weighted by Gasteiger charge is -2.31. The molecule has 0 aromatic heterocycles. The van der Waals surface area contributed by atoms with Gasteiger partial charge in [0.15, 0.2) is 5.78 Å². The third-order valence-electron chi connectivity index (χ3n) is 3.70. The van der Waals surface area contributed by atoms with Crippen molar-refractivity contribution in [2.75, 3.05) is 26.2 Å². The SMILES string of the molecule is CC(C)(C)OC(=O)NCCNC(=O)[C@@H]1CC(=O)C2=C(CNCC2)N1. The third-order valence-corrected chi connectivity index (χ3v) is 3.70. The van der Waals surface area contributed by atoms with Crippen molar-refractivity contribution in [2.45, 2.75) is 45.3 Å². The van der Waals surface area contributed by atoms with Gasteiger partial charge in [-0.25, -0.2) is 4.79 Å². The van der Waals surface area contributed by atoms with E-state index in [1.54, 1.807) is 20.8 Å². The van der Waals surface area contributed by atoms with Crippen LogP contribution < -0.4 is 21.3 Å². The van der Waals surface area contributed by atoms with E-state index < -0.39 is 17.7 Å². The van der Waals surface area contributed by atoms with Crippen LogP contribution in [0.5, 0.6) is 0 Å². The number of hydrogen-bond acceptors (Lipinski definition) is 6. The van der Waals surface area contributed by atoms with Crippen LogP contribution in [0.15, 0.2) is 11.3 Å². The topological polar surface area (TPSA) is 109 Å². The van der Waals surface area contributed by atoms with Gasteiger partial charge in [-0.05, 0) is 33.7 Å². The van der Waals surface area contributed by atoms with Gasteiger partial charge in [-0.1, -0.05) is 0 Å². The average molecular weight is 338 g/mol. The first-order valence-corrected chi connectivity index (χ1v) is 8.23. The molecule has 2 amide bonds. The number of carbonyl (C=O) groups is 3. The Morgan fingerprint density at radius 3 is 2.67 bits per heavy atom. The minimum absolute atomic E-state index is 0.0391. The number of amides is 2. The van der Waals surface area contributed by atoms with Crippen molar-refractivity contribution in [3.8, 4) is 0 Å². The highest BCUT2D eigenvalue weighted by molar-refractivity contribution is 6.01. The molecule has 4 N–H and O–H groups in total. The Kier molecular flexibility index (Phi) is 5.82. The second-order valence-corrected chi connectivity index (χ2v) is 6.93. The fourth-order valence-electron chi connectivity index (χ4n) is 2.65. The van der Waals surface area contributed by atoms with Crippen LogP contribution in [0.2, 0.25) is 0 Å².